The third-order valence-electron chi connectivity index (χ3n) is 2.04. The molecular weight excluding hydrogens is 192 g/mol. The monoisotopic (exact) mass is 198 g/mol. The van der Waals surface area contributed by atoms with Crippen LogP contribution < -0.4 is 0 Å². The molecular formula is C8H7ClN2O2. The summed E-state index contributed by atoms with van der Waals surface area (Å²) in [6, 6.07) is 3.10. The molecule has 5 heteroatoms. The Bertz CT molecular complexity index is 363. The van der Waals surface area contributed by atoms with Crippen molar-refractivity contribution < 1.29 is 4.92 Å². The third kappa shape index (κ3) is 1.62. The number of rotatable bonds is 2. The molecule has 1 aliphatic carbocycles. The lowest BCUT2D eigenvalue weighted by Gasteiger charge is -1.98. The van der Waals surface area contributed by atoms with E-state index in [4.69, 9.17) is 11.6 Å². The fraction of sp³-hybridized carbons (Fsp3) is 0.375. The number of hydrogen-bond acceptors (Lipinski definition) is 3. The molecule has 1 aromatic rings. The molecule has 4 nitrogen and oxygen atoms in total. The smallest absolute Gasteiger partial charge is 0.258 e. The molecule has 0 aromatic carbocycles. The number of hydrogen-bond donors (Lipinski definition) is 0. The van der Waals surface area contributed by atoms with Crippen LogP contribution in [0.25, 0.3) is 0 Å². The maximum Gasteiger partial charge on any atom is 0.306 e. The first kappa shape index (κ1) is 8.44. The van der Waals surface area contributed by atoms with Gasteiger partial charge in [-0.15, -0.1) is 0 Å². The van der Waals surface area contributed by atoms with Gasteiger partial charge in [-0.2, -0.15) is 0 Å². The van der Waals surface area contributed by atoms with E-state index in [0.29, 0.717) is 5.92 Å². The van der Waals surface area contributed by atoms with E-state index in [1.54, 1.807) is 6.07 Å². The van der Waals surface area contributed by atoms with Crippen LogP contribution in [0.15, 0.2) is 12.1 Å². The largest absolute Gasteiger partial charge is 0.306 e. The minimum atomic E-state index is -0.522. The second-order valence-electron chi connectivity index (χ2n) is 3.08. The van der Waals surface area contributed by atoms with Crippen LogP contribution in [-0.2, 0) is 0 Å². The molecule has 1 aromatic heterocycles. The molecule has 68 valence electrons. The highest BCUT2D eigenvalue weighted by atomic mass is 35.5. The van der Waals surface area contributed by atoms with Crippen LogP contribution in [-0.4, -0.2) is 9.91 Å². The summed E-state index contributed by atoms with van der Waals surface area (Å²) in [7, 11) is 0. The standard InChI is InChI=1S/C8H7ClN2O2/c9-8-7(11(12)13)4-3-6(10-8)5-1-2-5/h3-5H,1-2H2. The van der Waals surface area contributed by atoms with Gasteiger partial charge in [-0.25, -0.2) is 4.98 Å². The van der Waals surface area contributed by atoms with Gasteiger partial charge in [-0.3, -0.25) is 10.1 Å². The summed E-state index contributed by atoms with van der Waals surface area (Å²) in [5.41, 5.74) is 0.752. The molecule has 0 unspecified atom stereocenters. The summed E-state index contributed by atoms with van der Waals surface area (Å²) in [6.07, 6.45) is 2.22. The number of nitro groups is 1. The minimum Gasteiger partial charge on any atom is -0.258 e. The highest BCUT2D eigenvalue weighted by molar-refractivity contribution is 6.31. The SMILES string of the molecule is O=[N+]([O-])c1ccc(C2CC2)nc1Cl. The van der Waals surface area contributed by atoms with Crippen molar-refractivity contribution in [1.82, 2.24) is 4.98 Å². The van der Waals surface area contributed by atoms with Crippen LogP contribution in [0.1, 0.15) is 24.5 Å². The van der Waals surface area contributed by atoms with Gasteiger partial charge in [-0.1, -0.05) is 11.6 Å². The summed E-state index contributed by atoms with van der Waals surface area (Å²) < 4.78 is 0. The zero-order chi connectivity index (χ0) is 9.42. The van der Waals surface area contributed by atoms with Crippen molar-refractivity contribution in [3.63, 3.8) is 0 Å². The summed E-state index contributed by atoms with van der Waals surface area (Å²) >= 11 is 5.64. The fourth-order valence-corrected chi connectivity index (χ4v) is 1.41. The van der Waals surface area contributed by atoms with Gasteiger partial charge in [0, 0.05) is 17.7 Å². The van der Waals surface area contributed by atoms with Crippen LogP contribution in [0.2, 0.25) is 5.15 Å². The highest BCUT2D eigenvalue weighted by Gasteiger charge is 2.26. The van der Waals surface area contributed by atoms with E-state index in [1.807, 2.05) is 0 Å². The molecule has 0 radical (unpaired) electrons. The van der Waals surface area contributed by atoms with Gasteiger partial charge in [-0.05, 0) is 18.9 Å². The van der Waals surface area contributed by atoms with E-state index in [9.17, 15) is 10.1 Å². The van der Waals surface area contributed by atoms with Crippen molar-refractivity contribution in [2.24, 2.45) is 0 Å². The lowest BCUT2D eigenvalue weighted by atomic mass is 10.2. The van der Waals surface area contributed by atoms with Gasteiger partial charge in [0.25, 0.3) is 0 Å². The lowest BCUT2D eigenvalue weighted by molar-refractivity contribution is -0.385. The number of pyridine rings is 1. The highest BCUT2D eigenvalue weighted by Crippen LogP contribution is 2.40. The molecule has 0 aliphatic heterocycles. The summed E-state index contributed by atoms with van der Waals surface area (Å²) in [6.45, 7) is 0. The Morgan fingerprint density at radius 3 is 2.69 bits per heavy atom. The van der Waals surface area contributed by atoms with Gasteiger partial charge in [0.15, 0.2) is 0 Å². The molecule has 1 aliphatic rings. The number of nitrogens with zero attached hydrogens (tertiary/aromatic N) is 2. The minimum absolute atomic E-state index is 0.00519. The van der Waals surface area contributed by atoms with Crippen molar-refractivity contribution in [1.29, 1.82) is 0 Å². The maximum atomic E-state index is 10.4. The first-order chi connectivity index (χ1) is 6.18. The molecule has 13 heavy (non-hydrogen) atoms. The fourth-order valence-electron chi connectivity index (χ4n) is 1.18. The Labute approximate surface area is 79.7 Å². The number of halogens is 1. The van der Waals surface area contributed by atoms with Crippen LogP contribution >= 0.6 is 11.6 Å². The van der Waals surface area contributed by atoms with E-state index < -0.39 is 4.92 Å². The Hall–Kier alpha value is -1.16. The van der Waals surface area contributed by atoms with Gasteiger partial charge in [0.1, 0.15) is 0 Å². The zero-order valence-electron chi connectivity index (χ0n) is 6.74. The summed E-state index contributed by atoms with van der Waals surface area (Å²) in [4.78, 5) is 13.9. The van der Waals surface area contributed by atoms with Crippen molar-refractivity contribution >= 4 is 17.3 Å². The Balaban J connectivity index is 2.36. The summed E-state index contributed by atoms with van der Waals surface area (Å²) in [5, 5.41) is 10.4. The Kier molecular flexibility index (Phi) is 1.92. The predicted molar refractivity (Wildman–Crippen MR) is 47.9 cm³/mol. The summed E-state index contributed by atoms with van der Waals surface area (Å²) in [5.74, 6) is 0.471. The van der Waals surface area contributed by atoms with Crippen LogP contribution in [0.5, 0.6) is 0 Å². The van der Waals surface area contributed by atoms with Crippen LogP contribution in [0.4, 0.5) is 5.69 Å². The molecule has 0 saturated heterocycles. The zero-order valence-corrected chi connectivity index (χ0v) is 7.49. The molecule has 0 spiro atoms. The van der Waals surface area contributed by atoms with Gasteiger partial charge in [0.05, 0.1) is 4.92 Å². The molecule has 1 heterocycles. The predicted octanol–water partition coefficient (Wildman–Crippen LogP) is 2.52. The second-order valence-corrected chi connectivity index (χ2v) is 3.44. The van der Waals surface area contributed by atoms with E-state index in [1.165, 1.54) is 6.07 Å². The molecule has 0 bridgehead atoms. The quantitative estimate of drug-likeness (QED) is 0.417. The van der Waals surface area contributed by atoms with E-state index >= 15 is 0 Å². The maximum absolute atomic E-state index is 10.4. The third-order valence-corrected chi connectivity index (χ3v) is 2.32. The van der Waals surface area contributed by atoms with Gasteiger partial charge in [0.2, 0.25) is 5.15 Å². The first-order valence-corrected chi connectivity index (χ1v) is 4.37. The molecule has 0 atom stereocenters. The van der Waals surface area contributed by atoms with E-state index in [-0.39, 0.29) is 10.8 Å². The average molecular weight is 199 g/mol. The van der Waals surface area contributed by atoms with Crippen LogP contribution in [0, 0.1) is 10.1 Å². The lowest BCUT2D eigenvalue weighted by Crippen LogP contribution is -1.93. The Morgan fingerprint density at radius 2 is 2.23 bits per heavy atom. The second kappa shape index (κ2) is 2.96. The van der Waals surface area contributed by atoms with Gasteiger partial charge >= 0.3 is 5.69 Å². The molecule has 0 amide bonds. The van der Waals surface area contributed by atoms with Crippen LogP contribution in [0.3, 0.4) is 0 Å². The van der Waals surface area contributed by atoms with Crippen molar-refractivity contribution in [3.05, 3.63) is 33.1 Å². The molecule has 1 saturated carbocycles. The normalized spacial score (nSPS) is 15.8. The topological polar surface area (TPSA) is 56.0 Å². The van der Waals surface area contributed by atoms with E-state index in [2.05, 4.69) is 4.98 Å². The van der Waals surface area contributed by atoms with Crippen molar-refractivity contribution in [2.45, 2.75) is 18.8 Å². The van der Waals surface area contributed by atoms with Crippen molar-refractivity contribution in [3.8, 4) is 0 Å². The average Bonchev–Trinajstić information content (AvgIpc) is 2.85. The van der Waals surface area contributed by atoms with Gasteiger partial charge < -0.3 is 0 Å². The number of aromatic nitrogens is 1. The Morgan fingerprint density at radius 1 is 1.54 bits per heavy atom. The molecule has 2 rings (SSSR count). The molecule has 0 N–H and O–H groups in total. The van der Waals surface area contributed by atoms with E-state index in [0.717, 1.165) is 18.5 Å². The molecule has 1 fully saturated rings. The first-order valence-electron chi connectivity index (χ1n) is 3.99. The van der Waals surface area contributed by atoms with Crippen molar-refractivity contribution in [2.75, 3.05) is 0 Å².